The summed E-state index contributed by atoms with van der Waals surface area (Å²) in [6, 6.07) is 5.35. The Hall–Kier alpha value is -1.42. The lowest BCUT2D eigenvalue weighted by atomic mass is 10.0. The number of rotatable bonds is 4. The summed E-state index contributed by atoms with van der Waals surface area (Å²) in [4.78, 5) is 17.9. The number of hydrogen-bond acceptors (Lipinski definition) is 3. The summed E-state index contributed by atoms with van der Waals surface area (Å²) in [5.41, 5.74) is 7.67. The van der Waals surface area contributed by atoms with Gasteiger partial charge < -0.3 is 10.6 Å². The van der Waals surface area contributed by atoms with Crippen LogP contribution in [0.3, 0.4) is 0 Å². The second-order valence-electron chi connectivity index (χ2n) is 4.73. The number of carbonyl (C=O) groups is 1. The van der Waals surface area contributed by atoms with Crippen molar-refractivity contribution in [1.82, 2.24) is 9.88 Å². The van der Waals surface area contributed by atoms with Gasteiger partial charge in [0.25, 0.3) is 0 Å². The maximum atomic E-state index is 11.9. The molecule has 4 nitrogen and oxygen atoms in total. The van der Waals surface area contributed by atoms with E-state index in [9.17, 15) is 4.79 Å². The summed E-state index contributed by atoms with van der Waals surface area (Å²) in [7, 11) is 1.76. The van der Waals surface area contributed by atoms with Crippen molar-refractivity contribution in [3.63, 3.8) is 0 Å². The van der Waals surface area contributed by atoms with Crippen LogP contribution >= 0.6 is 0 Å². The zero-order valence-corrected chi connectivity index (χ0v) is 11.0. The van der Waals surface area contributed by atoms with Crippen LogP contribution in [0.4, 0.5) is 0 Å². The molecule has 0 aliphatic carbocycles. The van der Waals surface area contributed by atoms with Gasteiger partial charge in [-0.05, 0) is 25.0 Å². The van der Waals surface area contributed by atoms with Gasteiger partial charge >= 0.3 is 0 Å². The molecule has 1 heterocycles. The minimum absolute atomic E-state index is 0.0386. The fourth-order valence-electron chi connectivity index (χ4n) is 1.55. The van der Waals surface area contributed by atoms with Crippen LogP contribution < -0.4 is 5.73 Å². The number of nitrogens with two attached hydrogens (primary N) is 1. The van der Waals surface area contributed by atoms with Crippen molar-refractivity contribution < 1.29 is 4.79 Å². The Labute approximate surface area is 103 Å². The standard InChI is InChI=1S/C13H21N3O/c1-9(2)12(14)13(17)16(4)8-11-7-5-6-10(3)15-11/h5-7,9,12H,8,14H2,1-4H3/t12-/m0/s1. The van der Waals surface area contributed by atoms with Gasteiger partial charge in [0.2, 0.25) is 5.91 Å². The lowest BCUT2D eigenvalue weighted by Crippen LogP contribution is -2.44. The molecule has 0 bridgehead atoms. The molecule has 0 radical (unpaired) electrons. The summed E-state index contributed by atoms with van der Waals surface area (Å²) in [5.74, 6) is 0.110. The van der Waals surface area contributed by atoms with E-state index in [1.807, 2.05) is 39.0 Å². The molecule has 17 heavy (non-hydrogen) atoms. The fourth-order valence-corrected chi connectivity index (χ4v) is 1.55. The number of amides is 1. The van der Waals surface area contributed by atoms with E-state index in [1.165, 1.54) is 0 Å². The first-order valence-corrected chi connectivity index (χ1v) is 5.85. The summed E-state index contributed by atoms with van der Waals surface area (Å²) >= 11 is 0. The van der Waals surface area contributed by atoms with Crippen molar-refractivity contribution in [1.29, 1.82) is 0 Å². The number of aromatic nitrogens is 1. The molecule has 94 valence electrons. The summed E-state index contributed by atoms with van der Waals surface area (Å²) in [6.45, 7) is 6.33. The normalized spacial score (nSPS) is 12.6. The van der Waals surface area contributed by atoms with Crippen LogP contribution in [0.2, 0.25) is 0 Å². The average molecular weight is 235 g/mol. The maximum absolute atomic E-state index is 11.9. The average Bonchev–Trinajstić information content (AvgIpc) is 2.26. The maximum Gasteiger partial charge on any atom is 0.239 e. The second kappa shape index (κ2) is 5.77. The molecule has 0 spiro atoms. The van der Waals surface area contributed by atoms with Crippen molar-refractivity contribution in [3.05, 3.63) is 29.6 Å². The van der Waals surface area contributed by atoms with Gasteiger partial charge in [0, 0.05) is 12.7 Å². The Bertz CT molecular complexity index is 390. The highest BCUT2D eigenvalue weighted by atomic mass is 16.2. The van der Waals surface area contributed by atoms with Gasteiger partial charge in [-0.3, -0.25) is 9.78 Å². The number of carbonyl (C=O) groups excluding carboxylic acids is 1. The minimum Gasteiger partial charge on any atom is -0.339 e. The van der Waals surface area contributed by atoms with Crippen molar-refractivity contribution in [2.75, 3.05) is 7.05 Å². The molecule has 0 aromatic carbocycles. The Morgan fingerprint density at radius 1 is 1.47 bits per heavy atom. The van der Waals surface area contributed by atoms with E-state index in [2.05, 4.69) is 4.98 Å². The number of hydrogen-bond donors (Lipinski definition) is 1. The molecule has 1 atom stereocenters. The van der Waals surface area contributed by atoms with Crippen LogP contribution in [0.15, 0.2) is 18.2 Å². The SMILES string of the molecule is Cc1cccc(CN(C)C(=O)[C@@H](N)C(C)C)n1. The van der Waals surface area contributed by atoms with E-state index in [0.717, 1.165) is 11.4 Å². The van der Waals surface area contributed by atoms with Crippen molar-refractivity contribution in [2.24, 2.45) is 11.7 Å². The second-order valence-corrected chi connectivity index (χ2v) is 4.73. The molecule has 0 unspecified atom stereocenters. The molecule has 0 saturated carbocycles. The van der Waals surface area contributed by atoms with Gasteiger partial charge in [-0.25, -0.2) is 0 Å². The molecule has 1 aromatic heterocycles. The topological polar surface area (TPSA) is 59.2 Å². The smallest absolute Gasteiger partial charge is 0.239 e. The molecular weight excluding hydrogens is 214 g/mol. The Balaban J connectivity index is 2.66. The fraction of sp³-hybridized carbons (Fsp3) is 0.538. The van der Waals surface area contributed by atoms with Crippen LogP contribution in [-0.2, 0) is 11.3 Å². The molecule has 1 aromatic rings. The van der Waals surface area contributed by atoms with Crippen molar-refractivity contribution in [2.45, 2.75) is 33.4 Å². The van der Waals surface area contributed by atoms with Crippen LogP contribution in [0.25, 0.3) is 0 Å². The lowest BCUT2D eigenvalue weighted by Gasteiger charge is -2.23. The third-order valence-corrected chi connectivity index (χ3v) is 2.72. The molecule has 0 aliphatic heterocycles. The van der Waals surface area contributed by atoms with E-state index in [-0.39, 0.29) is 11.8 Å². The zero-order valence-electron chi connectivity index (χ0n) is 11.0. The molecule has 0 saturated heterocycles. The molecule has 0 aliphatic rings. The van der Waals surface area contributed by atoms with E-state index >= 15 is 0 Å². The number of aryl methyl sites for hydroxylation is 1. The third-order valence-electron chi connectivity index (χ3n) is 2.72. The zero-order chi connectivity index (χ0) is 13.0. The van der Waals surface area contributed by atoms with E-state index in [1.54, 1.807) is 11.9 Å². The molecule has 1 amide bonds. The van der Waals surface area contributed by atoms with Crippen molar-refractivity contribution >= 4 is 5.91 Å². The Kier molecular flexibility index (Phi) is 4.63. The Morgan fingerprint density at radius 3 is 2.65 bits per heavy atom. The first kappa shape index (κ1) is 13.6. The van der Waals surface area contributed by atoms with Crippen LogP contribution in [-0.4, -0.2) is 28.9 Å². The summed E-state index contributed by atoms with van der Waals surface area (Å²) in [5, 5.41) is 0. The highest BCUT2D eigenvalue weighted by Gasteiger charge is 2.21. The van der Waals surface area contributed by atoms with Gasteiger partial charge in [0.05, 0.1) is 18.3 Å². The molecular formula is C13H21N3O. The molecule has 2 N–H and O–H groups in total. The number of likely N-dealkylation sites (N-methyl/N-ethyl adjacent to an activating group) is 1. The monoisotopic (exact) mass is 235 g/mol. The predicted octanol–water partition coefficient (Wildman–Crippen LogP) is 1.33. The molecule has 1 rings (SSSR count). The van der Waals surface area contributed by atoms with E-state index in [4.69, 9.17) is 5.73 Å². The largest absolute Gasteiger partial charge is 0.339 e. The highest BCUT2D eigenvalue weighted by molar-refractivity contribution is 5.81. The molecule has 0 fully saturated rings. The van der Waals surface area contributed by atoms with Gasteiger partial charge in [0.15, 0.2) is 0 Å². The van der Waals surface area contributed by atoms with Gasteiger partial charge in [-0.2, -0.15) is 0 Å². The summed E-state index contributed by atoms with van der Waals surface area (Å²) in [6.07, 6.45) is 0. The van der Waals surface area contributed by atoms with Gasteiger partial charge in [-0.1, -0.05) is 19.9 Å². The Morgan fingerprint density at radius 2 is 2.12 bits per heavy atom. The number of nitrogens with zero attached hydrogens (tertiary/aromatic N) is 2. The van der Waals surface area contributed by atoms with Gasteiger partial charge in [0.1, 0.15) is 0 Å². The lowest BCUT2D eigenvalue weighted by molar-refractivity contribution is -0.132. The summed E-state index contributed by atoms with van der Waals surface area (Å²) < 4.78 is 0. The predicted molar refractivity (Wildman–Crippen MR) is 68.3 cm³/mol. The van der Waals surface area contributed by atoms with Gasteiger partial charge in [-0.15, -0.1) is 0 Å². The number of pyridine rings is 1. The quantitative estimate of drug-likeness (QED) is 0.856. The van der Waals surface area contributed by atoms with Crippen LogP contribution in [0, 0.1) is 12.8 Å². The third kappa shape index (κ3) is 3.82. The first-order valence-electron chi connectivity index (χ1n) is 5.85. The highest BCUT2D eigenvalue weighted by Crippen LogP contribution is 2.06. The van der Waals surface area contributed by atoms with Crippen molar-refractivity contribution in [3.8, 4) is 0 Å². The van der Waals surface area contributed by atoms with Crippen LogP contribution in [0.1, 0.15) is 25.2 Å². The van der Waals surface area contributed by atoms with E-state index < -0.39 is 6.04 Å². The minimum atomic E-state index is -0.440. The first-order chi connectivity index (χ1) is 7.91. The van der Waals surface area contributed by atoms with Crippen LogP contribution in [0.5, 0.6) is 0 Å². The van der Waals surface area contributed by atoms with E-state index in [0.29, 0.717) is 6.54 Å². The molecule has 4 heteroatoms.